The number of amides is 1. The maximum absolute atomic E-state index is 12.0. The van der Waals surface area contributed by atoms with Gasteiger partial charge in [-0.1, -0.05) is 13.0 Å². The number of rotatable bonds is 4. The summed E-state index contributed by atoms with van der Waals surface area (Å²) in [5.41, 5.74) is 0.966. The van der Waals surface area contributed by atoms with E-state index in [0.29, 0.717) is 11.4 Å². The first-order valence-corrected chi connectivity index (χ1v) is 6.57. The van der Waals surface area contributed by atoms with Crippen LogP contribution in [0.2, 0.25) is 0 Å². The molecule has 2 aromatic rings. The van der Waals surface area contributed by atoms with Crippen molar-refractivity contribution < 1.29 is 4.79 Å². The smallest absolute Gasteiger partial charge is 0.261 e. The highest BCUT2D eigenvalue weighted by Gasteiger charge is 2.13. The van der Waals surface area contributed by atoms with Gasteiger partial charge in [-0.25, -0.2) is 0 Å². The summed E-state index contributed by atoms with van der Waals surface area (Å²) in [7, 11) is 0. The summed E-state index contributed by atoms with van der Waals surface area (Å²) in [4.78, 5) is 30.8. The molecule has 104 valence electrons. The molecule has 1 atom stereocenters. The second-order valence-corrected chi connectivity index (χ2v) is 4.61. The Morgan fingerprint density at radius 2 is 2.15 bits per heavy atom. The van der Waals surface area contributed by atoms with Crippen molar-refractivity contribution in [2.24, 2.45) is 0 Å². The summed E-state index contributed by atoms with van der Waals surface area (Å²) in [5.74, 6) is -0.354. The van der Waals surface area contributed by atoms with Crippen LogP contribution < -0.4 is 10.9 Å². The molecule has 0 aliphatic carbocycles. The van der Waals surface area contributed by atoms with Gasteiger partial charge in [0.1, 0.15) is 5.56 Å². The number of carbonyl (C=O) groups excluding carboxylic acids is 1. The zero-order chi connectivity index (χ0) is 14.5. The van der Waals surface area contributed by atoms with Gasteiger partial charge in [0.2, 0.25) is 0 Å². The minimum atomic E-state index is -0.408. The molecule has 0 saturated heterocycles. The Morgan fingerprint density at radius 1 is 1.35 bits per heavy atom. The lowest BCUT2D eigenvalue weighted by molar-refractivity contribution is 0.0938. The van der Waals surface area contributed by atoms with E-state index >= 15 is 0 Å². The lowest BCUT2D eigenvalue weighted by Gasteiger charge is -2.11. The Hall–Kier alpha value is -2.43. The maximum Gasteiger partial charge on any atom is 0.261 e. The van der Waals surface area contributed by atoms with Gasteiger partial charge < -0.3 is 10.3 Å². The maximum atomic E-state index is 12.0. The molecule has 0 radical (unpaired) electrons. The monoisotopic (exact) mass is 271 g/mol. The van der Waals surface area contributed by atoms with E-state index in [1.807, 2.05) is 19.9 Å². The quantitative estimate of drug-likeness (QED) is 0.892. The first-order chi connectivity index (χ1) is 9.61. The Balaban J connectivity index is 2.27. The molecular formula is C15H17N3O2. The van der Waals surface area contributed by atoms with Gasteiger partial charge in [0.15, 0.2) is 0 Å². The van der Waals surface area contributed by atoms with Crippen molar-refractivity contribution in [2.75, 3.05) is 0 Å². The van der Waals surface area contributed by atoms with Gasteiger partial charge in [-0.2, -0.15) is 0 Å². The summed E-state index contributed by atoms with van der Waals surface area (Å²) in [6.45, 7) is 3.87. The number of hydrogen-bond acceptors (Lipinski definition) is 3. The van der Waals surface area contributed by atoms with Crippen molar-refractivity contribution in [3.05, 3.63) is 52.4 Å². The molecule has 2 aromatic heterocycles. The minimum Gasteiger partial charge on any atom is -0.349 e. The molecule has 20 heavy (non-hydrogen) atoms. The van der Waals surface area contributed by atoms with Crippen molar-refractivity contribution >= 4 is 5.91 Å². The predicted octanol–water partition coefficient (Wildman–Crippen LogP) is 1.97. The van der Waals surface area contributed by atoms with Gasteiger partial charge in [-0.3, -0.25) is 14.6 Å². The highest BCUT2D eigenvalue weighted by Crippen LogP contribution is 2.11. The topological polar surface area (TPSA) is 74.8 Å². The Labute approximate surface area is 117 Å². The van der Waals surface area contributed by atoms with Crippen LogP contribution in [0.5, 0.6) is 0 Å². The summed E-state index contributed by atoms with van der Waals surface area (Å²) in [6.07, 6.45) is 2.47. The molecule has 5 heteroatoms. The normalized spacial score (nSPS) is 11.9. The molecular weight excluding hydrogens is 254 g/mol. The van der Waals surface area contributed by atoms with E-state index in [-0.39, 0.29) is 17.5 Å². The number of aromatic nitrogens is 2. The van der Waals surface area contributed by atoms with Gasteiger partial charge in [0.25, 0.3) is 11.5 Å². The van der Waals surface area contributed by atoms with E-state index < -0.39 is 5.56 Å². The molecule has 0 aromatic carbocycles. The van der Waals surface area contributed by atoms with Gasteiger partial charge in [-0.15, -0.1) is 0 Å². The van der Waals surface area contributed by atoms with Crippen LogP contribution in [0.1, 0.15) is 30.6 Å². The number of nitrogens with zero attached hydrogens (tertiary/aromatic N) is 1. The number of hydrogen-bond donors (Lipinski definition) is 2. The fraction of sp³-hybridized carbons (Fsp3) is 0.267. The van der Waals surface area contributed by atoms with Gasteiger partial charge in [0.05, 0.1) is 11.4 Å². The molecule has 0 aliphatic heterocycles. The molecule has 0 saturated carbocycles. The molecule has 1 amide bonds. The third-order valence-corrected chi connectivity index (χ3v) is 3.08. The fourth-order valence-electron chi connectivity index (χ4n) is 1.73. The molecule has 0 fully saturated rings. The average Bonchev–Trinajstić information content (AvgIpc) is 2.47. The van der Waals surface area contributed by atoms with Gasteiger partial charge in [-0.05, 0) is 37.6 Å². The minimum absolute atomic E-state index is 0.0392. The molecule has 0 unspecified atom stereocenters. The van der Waals surface area contributed by atoms with Crippen LogP contribution >= 0.6 is 0 Å². The molecule has 2 rings (SSSR count). The van der Waals surface area contributed by atoms with E-state index in [4.69, 9.17) is 0 Å². The Kier molecular flexibility index (Phi) is 4.30. The van der Waals surface area contributed by atoms with Crippen molar-refractivity contribution in [3.8, 4) is 11.4 Å². The van der Waals surface area contributed by atoms with E-state index in [2.05, 4.69) is 15.3 Å². The summed E-state index contributed by atoms with van der Waals surface area (Å²) in [5, 5.41) is 2.77. The first-order valence-electron chi connectivity index (χ1n) is 6.57. The lowest BCUT2D eigenvalue weighted by atomic mass is 10.2. The number of carbonyl (C=O) groups is 1. The lowest BCUT2D eigenvalue weighted by Crippen LogP contribution is -2.35. The number of pyridine rings is 2. The van der Waals surface area contributed by atoms with Crippen molar-refractivity contribution in [2.45, 2.75) is 26.3 Å². The van der Waals surface area contributed by atoms with Gasteiger partial charge in [0, 0.05) is 12.2 Å². The fourth-order valence-corrected chi connectivity index (χ4v) is 1.73. The largest absolute Gasteiger partial charge is 0.349 e. The van der Waals surface area contributed by atoms with Crippen molar-refractivity contribution in [3.63, 3.8) is 0 Å². The second kappa shape index (κ2) is 6.14. The van der Waals surface area contributed by atoms with Crippen LogP contribution in [0.15, 0.2) is 41.3 Å². The Bertz CT molecular complexity index is 650. The van der Waals surface area contributed by atoms with Crippen molar-refractivity contribution in [1.82, 2.24) is 15.3 Å². The average molecular weight is 271 g/mol. The summed E-state index contributed by atoms with van der Waals surface area (Å²) >= 11 is 0. The molecule has 2 heterocycles. The molecule has 0 bridgehead atoms. The van der Waals surface area contributed by atoms with Crippen molar-refractivity contribution in [1.29, 1.82) is 0 Å². The van der Waals surface area contributed by atoms with Crippen LogP contribution in [-0.2, 0) is 0 Å². The van der Waals surface area contributed by atoms with Gasteiger partial charge >= 0.3 is 0 Å². The summed E-state index contributed by atoms with van der Waals surface area (Å²) < 4.78 is 0. The molecule has 5 nitrogen and oxygen atoms in total. The van der Waals surface area contributed by atoms with E-state index in [1.165, 1.54) is 6.07 Å². The standard InChI is InChI=1S/C15H17N3O2/c1-3-10(2)17-14(19)11-7-8-13(18-15(11)20)12-6-4-5-9-16-12/h4-10H,3H2,1-2H3,(H,17,19)(H,18,20)/t10-/m0/s1. The first kappa shape index (κ1) is 14.0. The SMILES string of the molecule is CC[C@H](C)NC(=O)c1ccc(-c2ccccn2)[nH]c1=O. The van der Waals surface area contributed by atoms with E-state index in [0.717, 1.165) is 6.42 Å². The van der Waals surface area contributed by atoms with Crippen LogP contribution in [0.25, 0.3) is 11.4 Å². The summed E-state index contributed by atoms with van der Waals surface area (Å²) in [6, 6.07) is 8.69. The number of H-pyrrole nitrogens is 1. The predicted molar refractivity (Wildman–Crippen MR) is 77.5 cm³/mol. The van der Waals surface area contributed by atoms with Crippen LogP contribution in [-0.4, -0.2) is 21.9 Å². The van der Waals surface area contributed by atoms with Crippen LogP contribution in [0.4, 0.5) is 0 Å². The van der Waals surface area contributed by atoms with E-state index in [9.17, 15) is 9.59 Å². The van der Waals surface area contributed by atoms with Crippen LogP contribution in [0, 0.1) is 0 Å². The van der Waals surface area contributed by atoms with E-state index in [1.54, 1.807) is 24.4 Å². The molecule has 0 spiro atoms. The van der Waals surface area contributed by atoms with Crippen LogP contribution in [0.3, 0.4) is 0 Å². The number of aromatic amines is 1. The zero-order valence-electron chi connectivity index (χ0n) is 11.5. The third-order valence-electron chi connectivity index (χ3n) is 3.08. The third kappa shape index (κ3) is 3.12. The highest BCUT2D eigenvalue weighted by atomic mass is 16.2. The zero-order valence-corrected chi connectivity index (χ0v) is 11.5. The molecule has 0 aliphatic rings. The molecule has 2 N–H and O–H groups in total. The highest BCUT2D eigenvalue weighted by molar-refractivity contribution is 5.94. The number of nitrogens with one attached hydrogen (secondary N) is 2. The Morgan fingerprint density at radius 3 is 2.75 bits per heavy atom. The second-order valence-electron chi connectivity index (χ2n) is 4.61.